The van der Waals surface area contributed by atoms with Crippen molar-refractivity contribution in [1.29, 1.82) is 5.26 Å². The van der Waals surface area contributed by atoms with Crippen molar-refractivity contribution in [3.63, 3.8) is 0 Å². The van der Waals surface area contributed by atoms with Crippen LogP contribution in [0.5, 0.6) is 5.75 Å². The van der Waals surface area contributed by atoms with E-state index in [0.29, 0.717) is 29.5 Å². The van der Waals surface area contributed by atoms with Crippen molar-refractivity contribution in [2.45, 2.75) is 12.8 Å². The fraction of sp³-hybridized carbons (Fsp3) is 0.235. The highest BCUT2D eigenvalue weighted by Crippen LogP contribution is 2.38. The summed E-state index contributed by atoms with van der Waals surface area (Å²) >= 11 is 12.3. The fourth-order valence-corrected chi connectivity index (χ4v) is 3.07. The van der Waals surface area contributed by atoms with Gasteiger partial charge in [-0.3, -0.25) is 0 Å². The van der Waals surface area contributed by atoms with Crippen LogP contribution in [-0.2, 0) is 12.8 Å². The lowest BCUT2D eigenvalue weighted by Gasteiger charge is -2.32. The number of para-hydroxylation sites is 1. The average molecular weight is 318 g/mol. The number of halogens is 2. The van der Waals surface area contributed by atoms with Crippen LogP contribution in [0.25, 0.3) is 0 Å². The molecule has 0 spiro atoms. The minimum atomic E-state index is -0.608. The number of fused-ring (bicyclic) bond motifs is 1. The van der Waals surface area contributed by atoms with Crippen LogP contribution >= 0.6 is 23.2 Å². The molecular weight excluding hydrogens is 305 g/mol. The first kappa shape index (κ1) is 14.3. The van der Waals surface area contributed by atoms with Crippen molar-refractivity contribution in [3.8, 4) is 11.8 Å². The first-order valence-electron chi connectivity index (χ1n) is 6.68. The Kier molecular flexibility index (Phi) is 3.80. The van der Waals surface area contributed by atoms with Crippen LogP contribution in [0, 0.1) is 16.7 Å². The highest BCUT2D eigenvalue weighted by Gasteiger charge is 2.36. The third-order valence-corrected chi connectivity index (χ3v) is 4.38. The molecule has 0 radical (unpaired) electrons. The van der Waals surface area contributed by atoms with Crippen LogP contribution < -0.4 is 4.74 Å². The Bertz CT molecular complexity index is 723. The van der Waals surface area contributed by atoms with Gasteiger partial charge in [-0.2, -0.15) is 5.26 Å². The second-order valence-corrected chi connectivity index (χ2v) is 6.22. The molecule has 1 heterocycles. The molecule has 0 fully saturated rings. The maximum absolute atomic E-state index is 9.68. The van der Waals surface area contributed by atoms with Crippen molar-refractivity contribution in [3.05, 3.63) is 63.6 Å². The molecule has 0 saturated heterocycles. The molecule has 0 bridgehead atoms. The van der Waals surface area contributed by atoms with E-state index in [0.717, 1.165) is 16.9 Å². The van der Waals surface area contributed by atoms with Gasteiger partial charge < -0.3 is 4.74 Å². The van der Waals surface area contributed by atoms with Crippen molar-refractivity contribution >= 4 is 23.2 Å². The topological polar surface area (TPSA) is 33.0 Å². The van der Waals surface area contributed by atoms with Gasteiger partial charge in [-0.25, -0.2) is 0 Å². The van der Waals surface area contributed by atoms with Crippen LogP contribution in [0.4, 0.5) is 0 Å². The third kappa shape index (κ3) is 2.85. The van der Waals surface area contributed by atoms with E-state index in [1.165, 1.54) is 0 Å². The third-order valence-electron chi connectivity index (χ3n) is 3.78. The lowest BCUT2D eigenvalue weighted by molar-refractivity contribution is 0.169. The Hall–Kier alpha value is -1.69. The summed E-state index contributed by atoms with van der Waals surface area (Å²) in [5.74, 6) is 0.862. The van der Waals surface area contributed by atoms with E-state index in [4.69, 9.17) is 27.9 Å². The van der Waals surface area contributed by atoms with Crippen molar-refractivity contribution in [1.82, 2.24) is 0 Å². The molecule has 1 aliphatic rings. The largest absolute Gasteiger partial charge is 0.492 e. The predicted octanol–water partition coefficient (Wildman–Crippen LogP) is 4.68. The fourth-order valence-electron chi connectivity index (χ4n) is 2.69. The SMILES string of the molecule is N#CC1(Cc2cc(Cl)ccc2Cl)COc2ccccc2C1. The molecule has 1 atom stereocenters. The normalized spacial score (nSPS) is 20.2. The highest BCUT2D eigenvalue weighted by molar-refractivity contribution is 6.33. The maximum Gasteiger partial charge on any atom is 0.122 e. The van der Waals surface area contributed by atoms with E-state index >= 15 is 0 Å². The maximum atomic E-state index is 9.68. The minimum Gasteiger partial charge on any atom is -0.492 e. The average Bonchev–Trinajstić information content (AvgIpc) is 2.51. The van der Waals surface area contributed by atoms with E-state index in [9.17, 15) is 5.26 Å². The molecule has 1 unspecified atom stereocenters. The second-order valence-electron chi connectivity index (χ2n) is 5.38. The second kappa shape index (κ2) is 5.60. The summed E-state index contributed by atoms with van der Waals surface area (Å²) in [4.78, 5) is 0. The molecule has 4 heteroatoms. The van der Waals surface area contributed by atoms with E-state index in [2.05, 4.69) is 6.07 Å². The number of rotatable bonds is 2. The van der Waals surface area contributed by atoms with Crippen LogP contribution in [0.1, 0.15) is 11.1 Å². The van der Waals surface area contributed by atoms with E-state index < -0.39 is 5.41 Å². The lowest BCUT2D eigenvalue weighted by Crippen LogP contribution is -2.35. The molecule has 3 rings (SSSR count). The van der Waals surface area contributed by atoms with Crippen LogP contribution in [0.3, 0.4) is 0 Å². The molecule has 0 aliphatic carbocycles. The molecule has 2 aromatic rings. The standard InChI is InChI=1S/C17H13Cl2NO/c18-14-5-6-15(19)13(7-14)9-17(10-20)8-12-3-1-2-4-16(12)21-11-17/h1-7H,8-9,11H2. The van der Waals surface area contributed by atoms with Gasteiger partial charge in [0.2, 0.25) is 0 Å². The van der Waals surface area contributed by atoms with Crippen LogP contribution in [0.15, 0.2) is 42.5 Å². The van der Waals surface area contributed by atoms with Gasteiger partial charge in [0, 0.05) is 10.0 Å². The van der Waals surface area contributed by atoms with Gasteiger partial charge in [0.05, 0.1) is 11.5 Å². The van der Waals surface area contributed by atoms with E-state index in [-0.39, 0.29) is 0 Å². The Labute approximate surface area is 133 Å². The van der Waals surface area contributed by atoms with Crippen molar-refractivity contribution in [2.75, 3.05) is 6.61 Å². The molecule has 0 saturated carbocycles. The van der Waals surface area contributed by atoms with Crippen molar-refractivity contribution < 1.29 is 4.74 Å². The van der Waals surface area contributed by atoms with Gasteiger partial charge in [0.1, 0.15) is 12.4 Å². The number of ether oxygens (including phenoxy) is 1. The zero-order valence-electron chi connectivity index (χ0n) is 11.3. The zero-order chi connectivity index (χ0) is 14.9. The van der Waals surface area contributed by atoms with Crippen molar-refractivity contribution in [2.24, 2.45) is 5.41 Å². The highest BCUT2D eigenvalue weighted by atomic mass is 35.5. The number of hydrogen-bond acceptors (Lipinski definition) is 2. The summed E-state index contributed by atoms with van der Waals surface area (Å²) in [6, 6.07) is 15.6. The molecule has 2 aromatic carbocycles. The molecule has 0 aromatic heterocycles. The number of nitriles is 1. The predicted molar refractivity (Wildman–Crippen MR) is 83.9 cm³/mol. The quantitative estimate of drug-likeness (QED) is 0.805. The number of nitrogens with zero attached hydrogens (tertiary/aromatic N) is 1. The lowest BCUT2D eigenvalue weighted by atomic mass is 9.77. The minimum absolute atomic E-state index is 0.364. The Morgan fingerprint density at radius 2 is 2.00 bits per heavy atom. The van der Waals surface area contributed by atoms with Crippen LogP contribution in [-0.4, -0.2) is 6.61 Å². The molecule has 106 valence electrons. The summed E-state index contributed by atoms with van der Waals surface area (Å²) in [5, 5.41) is 10.9. The molecule has 21 heavy (non-hydrogen) atoms. The first-order valence-corrected chi connectivity index (χ1v) is 7.43. The van der Waals surface area contributed by atoms with Gasteiger partial charge in [-0.15, -0.1) is 0 Å². The monoisotopic (exact) mass is 317 g/mol. The smallest absolute Gasteiger partial charge is 0.122 e. The van der Waals surface area contributed by atoms with Gasteiger partial charge >= 0.3 is 0 Å². The summed E-state index contributed by atoms with van der Waals surface area (Å²) in [5.41, 5.74) is 1.33. The Balaban J connectivity index is 1.93. The van der Waals surface area contributed by atoms with E-state index in [1.54, 1.807) is 12.1 Å². The Morgan fingerprint density at radius 3 is 2.81 bits per heavy atom. The van der Waals surface area contributed by atoms with Gasteiger partial charge in [0.25, 0.3) is 0 Å². The number of hydrogen-bond donors (Lipinski definition) is 0. The zero-order valence-corrected chi connectivity index (χ0v) is 12.8. The van der Waals surface area contributed by atoms with Gasteiger partial charge in [-0.1, -0.05) is 41.4 Å². The summed E-state index contributed by atoms with van der Waals surface area (Å²) in [6.45, 7) is 0.364. The molecular formula is C17H13Cl2NO. The number of benzene rings is 2. The van der Waals surface area contributed by atoms with Gasteiger partial charge in [0.15, 0.2) is 0 Å². The summed E-state index contributed by atoms with van der Waals surface area (Å²) in [7, 11) is 0. The molecule has 2 nitrogen and oxygen atoms in total. The summed E-state index contributed by atoms with van der Waals surface area (Å²) < 4.78 is 5.77. The van der Waals surface area contributed by atoms with Crippen LogP contribution in [0.2, 0.25) is 10.0 Å². The molecule has 0 amide bonds. The molecule has 0 N–H and O–H groups in total. The van der Waals surface area contributed by atoms with E-state index in [1.807, 2.05) is 30.3 Å². The first-order chi connectivity index (χ1) is 10.1. The molecule has 1 aliphatic heterocycles. The van der Waals surface area contributed by atoms with Gasteiger partial charge in [-0.05, 0) is 48.2 Å². The summed E-state index contributed by atoms with van der Waals surface area (Å²) in [6.07, 6.45) is 1.18. The Morgan fingerprint density at radius 1 is 1.19 bits per heavy atom.